The van der Waals surface area contributed by atoms with E-state index in [2.05, 4.69) is 15.2 Å². The third kappa shape index (κ3) is 4.21. The number of nitrogens with one attached hydrogen (secondary N) is 1. The molecule has 1 amide bonds. The van der Waals surface area contributed by atoms with Gasteiger partial charge in [-0.2, -0.15) is 13.9 Å². The highest BCUT2D eigenvalue weighted by Crippen LogP contribution is 2.29. The van der Waals surface area contributed by atoms with Crippen molar-refractivity contribution in [2.75, 3.05) is 12.4 Å². The molecule has 2 heterocycles. The van der Waals surface area contributed by atoms with E-state index in [9.17, 15) is 26.7 Å². The van der Waals surface area contributed by atoms with Gasteiger partial charge in [-0.25, -0.2) is 17.9 Å². The van der Waals surface area contributed by atoms with Crippen LogP contribution in [0.5, 0.6) is 5.75 Å². The topological polar surface area (TPSA) is 78.5 Å². The summed E-state index contributed by atoms with van der Waals surface area (Å²) < 4.78 is 82.6. The van der Waals surface area contributed by atoms with E-state index in [1.165, 1.54) is 36.3 Å². The molecule has 1 aromatic carbocycles. The van der Waals surface area contributed by atoms with Crippen LogP contribution in [0.2, 0.25) is 0 Å². The van der Waals surface area contributed by atoms with Crippen LogP contribution in [0.4, 0.5) is 27.6 Å². The van der Waals surface area contributed by atoms with Gasteiger partial charge in [-0.05, 0) is 12.1 Å². The number of aromatic nitrogens is 2. The third-order valence-corrected chi connectivity index (χ3v) is 3.57. The lowest BCUT2D eigenvalue weighted by atomic mass is 10.2. The van der Waals surface area contributed by atoms with Crippen molar-refractivity contribution in [1.29, 1.82) is 0 Å². The molecule has 0 saturated carbocycles. The van der Waals surface area contributed by atoms with Crippen molar-refractivity contribution < 1.29 is 40.6 Å². The molecule has 0 spiro atoms. The van der Waals surface area contributed by atoms with E-state index in [0.717, 1.165) is 0 Å². The summed E-state index contributed by atoms with van der Waals surface area (Å²) in [5.41, 5.74) is 0.350. The average Bonchev–Trinajstić information content (AvgIpc) is 3.35. The second-order valence-electron chi connectivity index (χ2n) is 5.59. The van der Waals surface area contributed by atoms with Crippen LogP contribution in [0.25, 0.3) is 0 Å². The highest BCUT2D eigenvalue weighted by molar-refractivity contribution is 6.02. The van der Waals surface area contributed by atoms with Crippen LogP contribution < -0.4 is 10.1 Å². The molecule has 0 radical (unpaired) electrons. The summed E-state index contributed by atoms with van der Waals surface area (Å²) in [5.74, 6) is -13.2. The molecule has 0 aliphatic heterocycles. The smallest absolute Gasteiger partial charge is 0.291 e. The molecule has 154 valence electrons. The van der Waals surface area contributed by atoms with Gasteiger partial charge in [0.2, 0.25) is 29.1 Å². The second-order valence-corrected chi connectivity index (χ2v) is 5.59. The van der Waals surface area contributed by atoms with E-state index in [4.69, 9.17) is 9.15 Å². The maximum Gasteiger partial charge on any atom is 0.291 e. The Morgan fingerprint density at radius 1 is 1.10 bits per heavy atom. The molecule has 0 fully saturated rings. The standard InChI is InChI=1S/C17H12F5N3O4/c1-27-7-25-5-8(4-23-25)24-17(26)10-3-2-9(29-10)6-28-16-14(21)12(19)11(18)13(20)15(16)22/h2-5H,6-7H2,1H3,(H,24,26). The number of rotatable bonds is 7. The van der Waals surface area contributed by atoms with Crippen molar-refractivity contribution in [3.05, 3.63) is 65.1 Å². The van der Waals surface area contributed by atoms with Crippen molar-refractivity contribution in [2.24, 2.45) is 0 Å². The van der Waals surface area contributed by atoms with E-state index in [1.807, 2.05) is 0 Å². The summed E-state index contributed by atoms with van der Waals surface area (Å²) in [4.78, 5) is 12.1. The minimum atomic E-state index is -2.29. The molecule has 2 aromatic heterocycles. The lowest BCUT2D eigenvalue weighted by molar-refractivity contribution is 0.0992. The molecule has 0 aliphatic carbocycles. The van der Waals surface area contributed by atoms with Crippen LogP contribution in [0.1, 0.15) is 16.3 Å². The number of carbonyl (C=O) groups excluding carboxylic acids is 1. The zero-order valence-electron chi connectivity index (χ0n) is 14.6. The molecule has 3 aromatic rings. The van der Waals surface area contributed by atoms with Gasteiger partial charge in [0.25, 0.3) is 5.91 Å². The molecule has 3 rings (SSSR count). The van der Waals surface area contributed by atoms with E-state index in [-0.39, 0.29) is 18.3 Å². The molecule has 12 heteroatoms. The zero-order chi connectivity index (χ0) is 21.1. The first-order chi connectivity index (χ1) is 13.8. The van der Waals surface area contributed by atoms with E-state index < -0.39 is 47.3 Å². The van der Waals surface area contributed by atoms with Crippen LogP contribution in [-0.4, -0.2) is 22.8 Å². The molecule has 0 bridgehead atoms. The number of benzene rings is 1. The number of ether oxygens (including phenoxy) is 2. The van der Waals surface area contributed by atoms with Crippen LogP contribution in [0, 0.1) is 29.1 Å². The first-order valence-corrected chi connectivity index (χ1v) is 7.87. The van der Waals surface area contributed by atoms with E-state index in [1.54, 1.807) is 0 Å². The third-order valence-electron chi connectivity index (χ3n) is 3.57. The molecule has 0 unspecified atom stereocenters. The highest BCUT2D eigenvalue weighted by Gasteiger charge is 2.27. The van der Waals surface area contributed by atoms with Crippen molar-refractivity contribution in [2.45, 2.75) is 13.3 Å². The number of furan rings is 1. The Labute approximate surface area is 159 Å². The Bertz CT molecular complexity index is 1020. The molecule has 0 aliphatic rings. The van der Waals surface area contributed by atoms with Gasteiger partial charge in [-0.3, -0.25) is 4.79 Å². The molecule has 1 N–H and O–H groups in total. The fourth-order valence-electron chi connectivity index (χ4n) is 2.26. The summed E-state index contributed by atoms with van der Waals surface area (Å²) in [6.45, 7) is -0.507. The summed E-state index contributed by atoms with van der Waals surface area (Å²) in [5, 5.41) is 6.42. The van der Waals surface area contributed by atoms with Crippen molar-refractivity contribution in [1.82, 2.24) is 9.78 Å². The Morgan fingerprint density at radius 2 is 1.76 bits per heavy atom. The van der Waals surface area contributed by atoms with Crippen LogP contribution in [-0.2, 0) is 18.1 Å². The lowest BCUT2D eigenvalue weighted by Crippen LogP contribution is -2.10. The Kier molecular flexibility index (Phi) is 5.82. The molecule has 29 heavy (non-hydrogen) atoms. The van der Waals surface area contributed by atoms with Gasteiger partial charge in [0.1, 0.15) is 19.1 Å². The highest BCUT2D eigenvalue weighted by atomic mass is 19.2. The normalized spacial score (nSPS) is 11.0. The molecule has 0 atom stereocenters. The Hall–Kier alpha value is -3.41. The number of methoxy groups -OCH3 is 1. The first-order valence-electron chi connectivity index (χ1n) is 7.87. The van der Waals surface area contributed by atoms with Gasteiger partial charge in [0.05, 0.1) is 18.1 Å². The lowest BCUT2D eigenvalue weighted by Gasteiger charge is -2.09. The van der Waals surface area contributed by atoms with Crippen molar-refractivity contribution in [3.8, 4) is 5.75 Å². The molecular weight excluding hydrogens is 405 g/mol. The monoisotopic (exact) mass is 417 g/mol. The average molecular weight is 417 g/mol. The van der Waals surface area contributed by atoms with Gasteiger partial charge >= 0.3 is 0 Å². The number of halogens is 5. The van der Waals surface area contributed by atoms with Gasteiger partial charge in [0, 0.05) is 7.11 Å². The SMILES string of the molecule is COCn1cc(NC(=O)c2ccc(COc3c(F)c(F)c(F)c(F)c3F)o2)cn1. The minimum absolute atomic E-state index is 0.0887. The number of hydrogen-bond donors (Lipinski definition) is 1. The van der Waals surface area contributed by atoms with Crippen molar-refractivity contribution >= 4 is 11.6 Å². The van der Waals surface area contributed by atoms with Gasteiger partial charge in [-0.15, -0.1) is 0 Å². The maximum absolute atomic E-state index is 13.6. The van der Waals surface area contributed by atoms with Crippen LogP contribution >= 0.6 is 0 Å². The number of carbonyl (C=O) groups is 1. The number of nitrogens with zero attached hydrogens (tertiary/aromatic N) is 2. The fraction of sp³-hybridized carbons (Fsp3) is 0.176. The fourth-order valence-corrected chi connectivity index (χ4v) is 2.26. The largest absolute Gasteiger partial charge is 0.479 e. The second kappa shape index (κ2) is 8.31. The van der Waals surface area contributed by atoms with Gasteiger partial charge in [0.15, 0.2) is 11.5 Å². The van der Waals surface area contributed by atoms with E-state index in [0.29, 0.717) is 5.69 Å². The summed E-state index contributed by atoms with van der Waals surface area (Å²) in [6, 6.07) is 2.49. The van der Waals surface area contributed by atoms with Crippen LogP contribution in [0.3, 0.4) is 0 Å². The summed E-state index contributed by atoms with van der Waals surface area (Å²) >= 11 is 0. The number of amides is 1. The molecule has 7 nitrogen and oxygen atoms in total. The summed E-state index contributed by atoms with van der Waals surface area (Å²) in [6.07, 6.45) is 2.87. The van der Waals surface area contributed by atoms with Crippen LogP contribution in [0.15, 0.2) is 28.9 Å². The first kappa shape index (κ1) is 20.3. The number of hydrogen-bond acceptors (Lipinski definition) is 5. The van der Waals surface area contributed by atoms with Crippen molar-refractivity contribution in [3.63, 3.8) is 0 Å². The molecule has 0 saturated heterocycles. The zero-order valence-corrected chi connectivity index (χ0v) is 14.6. The Morgan fingerprint density at radius 3 is 2.41 bits per heavy atom. The number of anilines is 1. The predicted octanol–water partition coefficient (Wildman–Crippen LogP) is 3.61. The van der Waals surface area contributed by atoms with Gasteiger partial charge < -0.3 is 19.2 Å². The van der Waals surface area contributed by atoms with Gasteiger partial charge in [-0.1, -0.05) is 0 Å². The predicted molar refractivity (Wildman–Crippen MR) is 86.5 cm³/mol. The quantitative estimate of drug-likeness (QED) is 0.361. The van der Waals surface area contributed by atoms with E-state index >= 15 is 0 Å². The minimum Gasteiger partial charge on any atom is -0.479 e. The Balaban J connectivity index is 1.67. The molecular formula is C17H12F5N3O4. The summed E-state index contributed by atoms with van der Waals surface area (Å²) in [7, 11) is 1.47. The maximum atomic E-state index is 13.6.